The Morgan fingerprint density at radius 3 is 1.94 bits per heavy atom. The number of esters is 1. The summed E-state index contributed by atoms with van der Waals surface area (Å²) in [6.07, 6.45) is 1.61. The van der Waals surface area contributed by atoms with Crippen molar-refractivity contribution < 1.29 is 19.4 Å². The molecule has 2 aromatic carbocycles. The second kappa shape index (κ2) is 7.16. The van der Waals surface area contributed by atoms with Gasteiger partial charge in [0.2, 0.25) is 5.41 Å². The van der Waals surface area contributed by atoms with E-state index in [1.807, 2.05) is 57.2 Å². The van der Waals surface area contributed by atoms with Gasteiger partial charge in [-0.3, -0.25) is 0 Å². The van der Waals surface area contributed by atoms with Gasteiger partial charge < -0.3 is 14.6 Å². The van der Waals surface area contributed by atoms with Crippen molar-refractivity contribution in [1.82, 2.24) is 0 Å². The summed E-state index contributed by atoms with van der Waals surface area (Å²) >= 11 is 0. The zero-order chi connectivity index (χ0) is 22.4. The molecule has 5 heteroatoms. The minimum atomic E-state index is -1.49. The average Bonchev–Trinajstić information content (AvgIpc) is 3.42. The average molecular weight is 418 g/mol. The van der Waals surface area contributed by atoms with E-state index >= 15 is 0 Å². The molecule has 1 atom stereocenters. The quantitative estimate of drug-likeness (QED) is 0.553. The van der Waals surface area contributed by atoms with Crippen LogP contribution in [0, 0.1) is 11.5 Å². The number of hydrogen-bond donors (Lipinski definition) is 0. The molecule has 2 aliphatic carbocycles. The van der Waals surface area contributed by atoms with Crippen LogP contribution >= 0.6 is 0 Å². The van der Waals surface area contributed by atoms with Crippen LogP contribution in [0.15, 0.2) is 60.0 Å². The number of aryl methyl sites for hydroxylation is 2. The summed E-state index contributed by atoms with van der Waals surface area (Å²) in [6.45, 7) is 5.77. The highest BCUT2D eigenvalue weighted by molar-refractivity contribution is 6.00. The van der Waals surface area contributed by atoms with Gasteiger partial charge in [0.25, 0.3) is 11.6 Å². The summed E-state index contributed by atoms with van der Waals surface area (Å²) in [5, 5.41) is 13.2. The van der Waals surface area contributed by atoms with Gasteiger partial charge in [-0.1, -0.05) is 53.4 Å². The Hall–Kier alpha value is -3.26. The number of benzene rings is 2. The van der Waals surface area contributed by atoms with E-state index in [4.69, 9.17) is 9.47 Å². The van der Waals surface area contributed by atoms with E-state index in [1.54, 1.807) is 0 Å². The number of fused-ring (bicyclic) bond motifs is 4. The van der Waals surface area contributed by atoms with Crippen molar-refractivity contribution in [3.63, 3.8) is 0 Å². The maximum absolute atomic E-state index is 13.5. The molecule has 0 heterocycles. The number of methoxy groups -OCH3 is 2. The topological polar surface area (TPSA) is 63.0 Å². The summed E-state index contributed by atoms with van der Waals surface area (Å²) in [4.78, 5) is 18.0. The molecule has 2 aliphatic rings. The van der Waals surface area contributed by atoms with Gasteiger partial charge in [-0.05, 0) is 42.2 Å². The molecule has 5 nitrogen and oxygen atoms in total. The van der Waals surface area contributed by atoms with E-state index in [9.17, 15) is 9.90 Å². The Morgan fingerprint density at radius 1 is 0.968 bits per heavy atom. The fraction of sp³-hybridized carbons (Fsp3) is 0.385. The summed E-state index contributed by atoms with van der Waals surface area (Å²) in [5.41, 5.74) is 1.25. The molecule has 0 aromatic heterocycles. The third-order valence-corrected chi connectivity index (χ3v) is 6.20. The largest absolute Gasteiger partial charge is 0.616 e. The first kappa shape index (κ1) is 21.0. The lowest BCUT2D eigenvalue weighted by Gasteiger charge is -2.22. The maximum Gasteiger partial charge on any atom is 0.336 e. The highest BCUT2D eigenvalue weighted by Gasteiger charge is 2.84. The Labute approximate surface area is 183 Å². The first-order valence-electron chi connectivity index (χ1n) is 10.4. The van der Waals surface area contributed by atoms with E-state index in [0.717, 1.165) is 35.1 Å². The number of rotatable bonds is 2. The lowest BCUT2D eigenvalue weighted by Crippen LogP contribution is -2.29. The van der Waals surface area contributed by atoms with Gasteiger partial charge in [-0.25, -0.2) is 4.79 Å². The molecule has 1 saturated carbocycles. The molecule has 1 unspecified atom stereocenters. The van der Waals surface area contributed by atoms with E-state index in [0.29, 0.717) is 5.57 Å². The molecule has 0 bridgehead atoms. The van der Waals surface area contributed by atoms with Crippen molar-refractivity contribution in [2.75, 3.05) is 14.2 Å². The molecule has 2 aromatic rings. The van der Waals surface area contributed by atoms with Crippen LogP contribution in [0.3, 0.4) is 0 Å². The van der Waals surface area contributed by atoms with E-state index in [2.05, 4.69) is 23.0 Å². The molecule has 0 saturated heterocycles. The Kier molecular flexibility index (Phi) is 4.85. The van der Waals surface area contributed by atoms with E-state index in [-0.39, 0.29) is 0 Å². The van der Waals surface area contributed by atoms with Crippen LogP contribution in [0.25, 0.3) is 4.85 Å². The first-order valence-corrected chi connectivity index (χ1v) is 10.4. The lowest BCUT2D eigenvalue weighted by molar-refractivity contribution is -0.354. The van der Waals surface area contributed by atoms with Gasteiger partial charge >= 0.3 is 5.97 Å². The number of nitrogens with zero attached hydrogens (tertiary/aromatic N) is 1. The van der Waals surface area contributed by atoms with Gasteiger partial charge in [0.1, 0.15) is 0 Å². The molecule has 0 amide bonds. The SMILES string of the molecule is COC(=O)C1(C#[N+]C(C)(C)C)/C(=C(/[O-])OC)C12c1ccccc1CCc1ccccc12. The van der Waals surface area contributed by atoms with Gasteiger partial charge in [-0.2, -0.15) is 0 Å². The summed E-state index contributed by atoms with van der Waals surface area (Å²) in [7, 11) is 2.66. The van der Waals surface area contributed by atoms with Crippen LogP contribution in [0.5, 0.6) is 0 Å². The van der Waals surface area contributed by atoms with Gasteiger partial charge in [-0.15, -0.1) is 0 Å². The molecule has 0 N–H and O–H groups in total. The monoisotopic (exact) mass is 417 g/mol. The van der Waals surface area contributed by atoms with Crippen molar-refractivity contribution in [3.05, 3.63) is 87.1 Å². The molecule has 31 heavy (non-hydrogen) atoms. The fourth-order valence-corrected chi connectivity index (χ4v) is 4.96. The van der Waals surface area contributed by atoms with E-state index < -0.39 is 28.3 Å². The standard InChI is InChI=1S/C26H27NO4/c1-24(2,3)27-16-25(23(29)31-5)21(22(28)30-4)26(25)19-12-8-6-10-17(19)14-15-18-11-7-9-13-20(18)26/h6-13H,14-15H2,1-5H3/b22-21+. The summed E-state index contributed by atoms with van der Waals surface area (Å²) in [5.74, 6) is -1.11. The maximum atomic E-state index is 13.5. The molecule has 4 rings (SSSR count). The first-order chi connectivity index (χ1) is 14.7. The Morgan fingerprint density at radius 2 is 1.48 bits per heavy atom. The Balaban J connectivity index is 2.20. The third-order valence-electron chi connectivity index (χ3n) is 6.20. The van der Waals surface area contributed by atoms with Gasteiger partial charge in [0.05, 0.1) is 18.5 Å². The molecule has 160 valence electrons. The normalized spacial score (nSPS) is 22.2. The van der Waals surface area contributed by atoms with Gasteiger partial charge in [0, 0.05) is 26.3 Å². The molecule has 1 spiro atoms. The number of hydrogen-bond acceptors (Lipinski definition) is 4. The minimum Gasteiger partial charge on any atom is -0.616 e. The van der Waals surface area contributed by atoms with E-state index in [1.165, 1.54) is 14.2 Å². The summed E-state index contributed by atoms with van der Waals surface area (Å²) < 4.78 is 10.5. The fourth-order valence-electron chi connectivity index (χ4n) is 4.96. The van der Waals surface area contributed by atoms with Crippen molar-refractivity contribution in [1.29, 1.82) is 0 Å². The van der Waals surface area contributed by atoms with Crippen LogP contribution in [0.2, 0.25) is 0 Å². The minimum absolute atomic E-state index is 0.309. The molecule has 1 fully saturated rings. The van der Waals surface area contributed by atoms with Crippen LogP contribution in [-0.4, -0.2) is 25.7 Å². The van der Waals surface area contributed by atoms with Crippen LogP contribution in [-0.2, 0) is 32.5 Å². The van der Waals surface area contributed by atoms with Crippen molar-refractivity contribution in [3.8, 4) is 6.07 Å². The smallest absolute Gasteiger partial charge is 0.336 e. The second-order valence-corrected chi connectivity index (χ2v) is 9.07. The number of ether oxygens (including phenoxy) is 2. The zero-order valence-electron chi connectivity index (χ0n) is 18.6. The molecule has 0 aliphatic heterocycles. The third kappa shape index (κ3) is 2.85. The second-order valence-electron chi connectivity index (χ2n) is 9.07. The van der Waals surface area contributed by atoms with Crippen molar-refractivity contribution >= 4 is 5.97 Å². The Bertz CT molecular complexity index is 1100. The predicted molar refractivity (Wildman–Crippen MR) is 117 cm³/mol. The highest BCUT2D eigenvalue weighted by atomic mass is 16.6. The molecule has 0 radical (unpaired) electrons. The number of carbonyl (C=O) groups is 1. The number of carbonyl (C=O) groups excluding carboxylic acids is 1. The lowest BCUT2D eigenvalue weighted by atomic mass is 9.78. The highest BCUT2D eigenvalue weighted by Crippen LogP contribution is 2.75. The van der Waals surface area contributed by atoms with Crippen molar-refractivity contribution in [2.24, 2.45) is 5.41 Å². The van der Waals surface area contributed by atoms with Crippen LogP contribution in [0.1, 0.15) is 43.0 Å². The van der Waals surface area contributed by atoms with Gasteiger partial charge in [0.15, 0.2) is 0 Å². The predicted octanol–water partition coefficient (Wildman–Crippen LogP) is 3.59. The molecular weight excluding hydrogens is 390 g/mol. The van der Waals surface area contributed by atoms with Crippen LogP contribution < -0.4 is 5.11 Å². The summed E-state index contributed by atoms with van der Waals surface area (Å²) in [6, 6.07) is 19.0. The molecular formula is C26H27NO4. The van der Waals surface area contributed by atoms with Crippen LogP contribution in [0.4, 0.5) is 0 Å². The zero-order valence-corrected chi connectivity index (χ0v) is 18.6. The van der Waals surface area contributed by atoms with Crippen molar-refractivity contribution in [2.45, 2.75) is 44.6 Å².